The second-order valence-corrected chi connectivity index (χ2v) is 4.69. The Morgan fingerprint density at radius 1 is 1.44 bits per heavy atom. The first-order valence-corrected chi connectivity index (χ1v) is 5.68. The minimum Gasteiger partial charge on any atom is -0.388 e. The molecule has 2 unspecified atom stereocenters. The highest BCUT2D eigenvalue weighted by Crippen LogP contribution is 2.30. The molecule has 0 saturated heterocycles. The lowest BCUT2D eigenvalue weighted by Crippen LogP contribution is -2.27. The quantitative estimate of drug-likeness (QED) is 0.857. The van der Waals surface area contributed by atoms with Crippen LogP contribution in [0.15, 0.2) is 18.2 Å². The molecule has 2 nitrogen and oxygen atoms in total. The van der Waals surface area contributed by atoms with E-state index in [9.17, 15) is 9.50 Å². The zero-order valence-electron chi connectivity index (χ0n) is 9.45. The Labute approximate surface area is 100 Å². The van der Waals surface area contributed by atoms with Gasteiger partial charge in [0.2, 0.25) is 0 Å². The molecular formula is C12H17ClFNO. The summed E-state index contributed by atoms with van der Waals surface area (Å²) in [6, 6.07) is 4.17. The molecule has 0 aromatic heterocycles. The predicted octanol–water partition coefficient (Wildman–Crippen LogP) is 2.74. The number of benzene rings is 1. The van der Waals surface area contributed by atoms with Crippen molar-refractivity contribution in [3.63, 3.8) is 0 Å². The van der Waals surface area contributed by atoms with Crippen LogP contribution in [-0.4, -0.2) is 11.7 Å². The van der Waals surface area contributed by atoms with Crippen LogP contribution in [0, 0.1) is 17.7 Å². The van der Waals surface area contributed by atoms with Crippen LogP contribution >= 0.6 is 11.6 Å². The van der Waals surface area contributed by atoms with Crippen molar-refractivity contribution in [1.82, 2.24) is 0 Å². The van der Waals surface area contributed by atoms with E-state index in [0.717, 1.165) is 0 Å². The molecule has 4 heteroatoms. The van der Waals surface area contributed by atoms with E-state index in [-0.39, 0.29) is 17.4 Å². The number of aliphatic hydroxyl groups is 1. The van der Waals surface area contributed by atoms with Gasteiger partial charge in [0, 0.05) is 16.5 Å². The lowest BCUT2D eigenvalue weighted by atomic mass is 9.86. The lowest BCUT2D eigenvalue weighted by molar-refractivity contribution is 0.0828. The molecule has 0 amide bonds. The van der Waals surface area contributed by atoms with E-state index in [1.54, 1.807) is 0 Å². The zero-order valence-corrected chi connectivity index (χ0v) is 10.2. The van der Waals surface area contributed by atoms with Gasteiger partial charge < -0.3 is 10.8 Å². The zero-order chi connectivity index (χ0) is 12.3. The van der Waals surface area contributed by atoms with Gasteiger partial charge in [-0.3, -0.25) is 0 Å². The normalized spacial score (nSPS) is 15.2. The Balaban J connectivity index is 3.02. The summed E-state index contributed by atoms with van der Waals surface area (Å²) in [6.07, 6.45) is -0.913. The third kappa shape index (κ3) is 2.94. The topological polar surface area (TPSA) is 46.2 Å². The monoisotopic (exact) mass is 245 g/mol. The third-order valence-electron chi connectivity index (χ3n) is 2.81. The molecule has 2 atom stereocenters. The van der Waals surface area contributed by atoms with Gasteiger partial charge >= 0.3 is 0 Å². The molecule has 16 heavy (non-hydrogen) atoms. The molecule has 90 valence electrons. The van der Waals surface area contributed by atoms with Gasteiger partial charge in [-0.05, 0) is 30.7 Å². The van der Waals surface area contributed by atoms with Crippen LogP contribution in [0.1, 0.15) is 25.5 Å². The average Bonchev–Trinajstić information content (AvgIpc) is 2.22. The summed E-state index contributed by atoms with van der Waals surface area (Å²) in [5, 5.41) is 10.5. The van der Waals surface area contributed by atoms with E-state index in [2.05, 4.69) is 0 Å². The van der Waals surface area contributed by atoms with Crippen molar-refractivity contribution in [2.24, 2.45) is 17.6 Å². The maximum atomic E-state index is 13.5. The van der Waals surface area contributed by atoms with Crippen molar-refractivity contribution in [3.8, 4) is 0 Å². The smallest absolute Gasteiger partial charge is 0.129 e. The van der Waals surface area contributed by atoms with Gasteiger partial charge in [0.05, 0.1) is 6.10 Å². The van der Waals surface area contributed by atoms with Crippen molar-refractivity contribution >= 4 is 11.6 Å². The fourth-order valence-corrected chi connectivity index (χ4v) is 1.92. The number of rotatable bonds is 4. The van der Waals surface area contributed by atoms with Crippen molar-refractivity contribution in [3.05, 3.63) is 34.6 Å². The molecule has 0 spiro atoms. The molecule has 0 saturated carbocycles. The van der Waals surface area contributed by atoms with Crippen LogP contribution in [0.25, 0.3) is 0 Å². The Kier molecular flexibility index (Phi) is 4.71. The Morgan fingerprint density at radius 2 is 2.06 bits per heavy atom. The van der Waals surface area contributed by atoms with Gasteiger partial charge in [0.25, 0.3) is 0 Å². The minimum atomic E-state index is -0.913. The molecule has 1 aromatic carbocycles. The lowest BCUT2D eigenvalue weighted by Gasteiger charge is -2.25. The van der Waals surface area contributed by atoms with E-state index in [4.69, 9.17) is 17.3 Å². The van der Waals surface area contributed by atoms with Crippen LogP contribution < -0.4 is 5.73 Å². The molecular weight excluding hydrogens is 229 g/mol. The number of aliphatic hydroxyl groups excluding tert-OH is 1. The van der Waals surface area contributed by atoms with Crippen molar-refractivity contribution in [1.29, 1.82) is 0 Å². The highest BCUT2D eigenvalue weighted by Gasteiger charge is 2.25. The van der Waals surface area contributed by atoms with E-state index in [1.807, 2.05) is 13.8 Å². The molecule has 1 rings (SSSR count). The summed E-state index contributed by atoms with van der Waals surface area (Å²) in [7, 11) is 0. The fourth-order valence-electron chi connectivity index (χ4n) is 1.74. The van der Waals surface area contributed by atoms with Crippen LogP contribution in [0.5, 0.6) is 0 Å². The molecule has 0 bridgehead atoms. The predicted molar refractivity (Wildman–Crippen MR) is 63.8 cm³/mol. The maximum Gasteiger partial charge on any atom is 0.129 e. The molecule has 0 aliphatic carbocycles. The largest absolute Gasteiger partial charge is 0.388 e. The molecule has 1 aromatic rings. The number of hydrogen-bond acceptors (Lipinski definition) is 2. The highest BCUT2D eigenvalue weighted by molar-refractivity contribution is 6.30. The van der Waals surface area contributed by atoms with Gasteiger partial charge in [-0.15, -0.1) is 0 Å². The molecule has 0 radical (unpaired) electrons. The first-order chi connectivity index (χ1) is 7.47. The molecule has 3 N–H and O–H groups in total. The van der Waals surface area contributed by atoms with Crippen LogP contribution in [0.3, 0.4) is 0 Å². The minimum absolute atomic E-state index is 0.173. The highest BCUT2D eigenvalue weighted by atomic mass is 35.5. The molecule has 0 fully saturated rings. The van der Waals surface area contributed by atoms with E-state index in [0.29, 0.717) is 11.6 Å². The van der Waals surface area contributed by atoms with Gasteiger partial charge in [-0.2, -0.15) is 0 Å². The van der Waals surface area contributed by atoms with Crippen molar-refractivity contribution in [2.45, 2.75) is 20.0 Å². The van der Waals surface area contributed by atoms with Crippen molar-refractivity contribution in [2.75, 3.05) is 6.54 Å². The van der Waals surface area contributed by atoms with E-state index in [1.165, 1.54) is 18.2 Å². The third-order valence-corrected chi connectivity index (χ3v) is 3.05. The molecule has 0 heterocycles. The second kappa shape index (κ2) is 5.62. The summed E-state index contributed by atoms with van der Waals surface area (Å²) >= 11 is 5.78. The number of nitrogens with two attached hydrogens (primary N) is 1. The Morgan fingerprint density at radius 3 is 2.56 bits per heavy atom. The van der Waals surface area contributed by atoms with Crippen LogP contribution in [0.2, 0.25) is 5.02 Å². The van der Waals surface area contributed by atoms with Gasteiger partial charge in [-0.1, -0.05) is 25.4 Å². The Hall–Kier alpha value is -0.640. The molecule has 0 aliphatic heterocycles. The average molecular weight is 246 g/mol. The summed E-state index contributed by atoms with van der Waals surface area (Å²) in [5.41, 5.74) is 5.80. The fraction of sp³-hybridized carbons (Fsp3) is 0.500. The summed E-state index contributed by atoms with van der Waals surface area (Å²) < 4.78 is 13.5. The first kappa shape index (κ1) is 13.4. The Bertz CT molecular complexity index is 357. The standard InChI is InChI=1S/C12H17ClFNO/c1-7(2)10(6-15)12(16)9-5-8(13)3-4-11(9)14/h3-5,7,10,12,16H,6,15H2,1-2H3. The van der Waals surface area contributed by atoms with Gasteiger partial charge in [0.1, 0.15) is 5.82 Å². The van der Waals surface area contributed by atoms with E-state index >= 15 is 0 Å². The first-order valence-electron chi connectivity index (χ1n) is 5.30. The SMILES string of the molecule is CC(C)C(CN)C(O)c1cc(Cl)ccc1F. The van der Waals surface area contributed by atoms with Crippen LogP contribution in [0.4, 0.5) is 4.39 Å². The van der Waals surface area contributed by atoms with Gasteiger partial charge in [0.15, 0.2) is 0 Å². The number of hydrogen-bond donors (Lipinski definition) is 2. The molecule has 0 aliphatic rings. The summed E-state index contributed by atoms with van der Waals surface area (Å²) in [4.78, 5) is 0. The van der Waals surface area contributed by atoms with E-state index < -0.39 is 11.9 Å². The maximum absolute atomic E-state index is 13.5. The van der Waals surface area contributed by atoms with Crippen LogP contribution in [-0.2, 0) is 0 Å². The summed E-state index contributed by atoms with van der Waals surface area (Å²) in [6.45, 7) is 4.21. The van der Waals surface area contributed by atoms with Crippen molar-refractivity contribution < 1.29 is 9.50 Å². The second-order valence-electron chi connectivity index (χ2n) is 4.25. The number of halogens is 2. The van der Waals surface area contributed by atoms with Gasteiger partial charge in [-0.25, -0.2) is 4.39 Å². The summed E-state index contributed by atoms with van der Waals surface area (Å²) in [5.74, 6) is -0.442.